The highest BCUT2D eigenvalue weighted by Crippen LogP contribution is 2.36. The largest absolute Gasteiger partial charge is 0.478 e. The molecule has 11 atom stereocenters. The van der Waals surface area contributed by atoms with Crippen LogP contribution < -0.4 is 10.6 Å². The van der Waals surface area contributed by atoms with Gasteiger partial charge in [0.15, 0.2) is 6.23 Å². The fourth-order valence-electron chi connectivity index (χ4n) is 4.66. The van der Waals surface area contributed by atoms with Crippen LogP contribution >= 0.6 is 0 Å². The number of aryl methyl sites for hydroxylation is 1. The highest BCUT2D eigenvalue weighted by atomic mass is 16.6. The minimum Gasteiger partial charge on any atom is -0.478 e. The van der Waals surface area contributed by atoms with Gasteiger partial charge >= 0.3 is 5.97 Å². The van der Waals surface area contributed by atoms with Gasteiger partial charge in [-0.2, -0.15) is 0 Å². The molecule has 2 saturated heterocycles. The van der Waals surface area contributed by atoms with Crippen molar-refractivity contribution >= 4 is 17.8 Å². The first kappa shape index (κ1) is 32.7. The van der Waals surface area contributed by atoms with Gasteiger partial charge in [-0.05, 0) is 0 Å². The van der Waals surface area contributed by atoms with Crippen molar-refractivity contribution in [1.29, 1.82) is 0 Å². The number of aliphatic carboxylic acids is 1. The molecule has 232 valence electrons. The molecule has 0 bridgehead atoms. The molecule has 2 aliphatic heterocycles. The fourth-order valence-corrected chi connectivity index (χ4v) is 4.66. The number of amides is 2. The second-order valence-corrected chi connectivity index (χ2v) is 9.88. The lowest BCUT2D eigenvalue weighted by Crippen LogP contribution is -2.67. The molecule has 0 radical (unpaired) electrons. The number of carbonyl (C=O) groups is 3. The number of aliphatic hydroxyl groups excluding tert-OH is 8. The number of aromatic nitrogens is 3. The van der Waals surface area contributed by atoms with E-state index >= 15 is 0 Å². The molecule has 41 heavy (non-hydrogen) atoms. The van der Waals surface area contributed by atoms with Gasteiger partial charge in [0, 0.05) is 26.2 Å². The third-order valence-corrected chi connectivity index (χ3v) is 6.92. The lowest BCUT2D eigenvalue weighted by Gasteiger charge is -2.46. The lowest BCUT2D eigenvalue weighted by molar-refractivity contribution is -0.258. The van der Waals surface area contributed by atoms with E-state index in [1.807, 2.05) is 0 Å². The van der Waals surface area contributed by atoms with Gasteiger partial charge in [0.1, 0.15) is 42.7 Å². The molecule has 19 heteroatoms. The van der Waals surface area contributed by atoms with Gasteiger partial charge in [-0.3, -0.25) is 9.59 Å². The van der Waals surface area contributed by atoms with Crippen molar-refractivity contribution < 1.29 is 69.8 Å². The van der Waals surface area contributed by atoms with Crippen LogP contribution in [0.2, 0.25) is 0 Å². The molecule has 0 spiro atoms. The van der Waals surface area contributed by atoms with Crippen molar-refractivity contribution in [3.05, 3.63) is 11.9 Å². The Morgan fingerprint density at radius 2 is 1.80 bits per heavy atom. The Balaban J connectivity index is 1.75. The number of nitrogens with one attached hydrogen (secondary N) is 2. The predicted molar refractivity (Wildman–Crippen MR) is 128 cm³/mol. The second kappa shape index (κ2) is 13.4. The summed E-state index contributed by atoms with van der Waals surface area (Å²) in [5, 5.41) is 102. The maximum absolute atomic E-state index is 12.4. The normalized spacial score (nSPS) is 35.3. The van der Waals surface area contributed by atoms with Crippen molar-refractivity contribution in [2.75, 3.05) is 13.2 Å². The highest BCUT2D eigenvalue weighted by molar-refractivity contribution is 5.77. The van der Waals surface area contributed by atoms with E-state index in [0.717, 1.165) is 17.8 Å². The van der Waals surface area contributed by atoms with E-state index in [9.17, 15) is 60.3 Å². The van der Waals surface area contributed by atoms with Crippen LogP contribution in [-0.4, -0.2) is 153 Å². The van der Waals surface area contributed by atoms with Gasteiger partial charge in [-0.15, -0.1) is 5.10 Å². The Morgan fingerprint density at radius 3 is 2.39 bits per heavy atom. The van der Waals surface area contributed by atoms with Crippen LogP contribution in [0.25, 0.3) is 0 Å². The SMILES string of the molecule is CC(=O)N[C@H]1[C@H]([C@H](O)[C@H](O)CO)O[C@](C(=O)O)(n2cc(CCC(=O)N[C@@H]3O[C@H](CO)[C@H](O)[C@H](O)[C@H]3O)nn2)C[C@@H]1O. The number of hydrogen-bond donors (Lipinski definition) is 11. The molecule has 3 heterocycles. The summed E-state index contributed by atoms with van der Waals surface area (Å²) in [6, 6.07) is -1.37. The summed E-state index contributed by atoms with van der Waals surface area (Å²) < 4.78 is 11.6. The van der Waals surface area contributed by atoms with Crippen LogP contribution in [0.1, 0.15) is 25.5 Å². The number of ether oxygens (including phenoxy) is 2. The van der Waals surface area contributed by atoms with Crippen molar-refractivity contribution in [2.45, 2.75) is 93.0 Å². The van der Waals surface area contributed by atoms with E-state index in [2.05, 4.69) is 20.9 Å². The molecule has 0 aromatic carbocycles. The predicted octanol–water partition coefficient (Wildman–Crippen LogP) is -6.77. The van der Waals surface area contributed by atoms with E-state index in [1.165, 1.54) is 0 Å². The summed E-state index contributed by atoms with van der Waals surface area (Å²) in [5.74, 6) is -3.04. The first-order valence-electron chi connectivity index (χ1n) is 12.6. The molecule has 2 aliphatic rings. The maximum Gasteiger partial charge on any atom is 0.359 e. The third-order valence-electron chi connectivity index (χ3n) is 6.92. The molecule has 0 saturated carbocycles. The van der Waals surface area contributed by atoms with Gasteiger partial charge in [0.05, 0.1) is 37.3 Å². The third kappa shape index (κ3) is 6.97. The van der Waals surface area contributed by atoms with Crippen molar-refractivity contribution in [3.63, 3.8) is 0 Å². The Morgan fingerprint density at radius 1 is 1.12 bits per heavy atom. The highest BCUT2D eigenvalue weighted by Gasteiger charge is 2.56. The zero-order chi connectivity index (χ0) is 30.6. The van der Waals surface area contributed by atoms with Crippen molar-refractivity contribution in [1.82, 2.24) is 25.6 Å². The van der Waals surface area contributed by atoms with Crippen molar-refractivity contribution in [2.24, 2.45) is 0 Å². The molecule has 19 nitrogen and oxygen atoms in total. The molecule has 3 rings (SSSR count). The first-order valence-corrected chi connectivity index (χ1v) is 12.6. The molecule has 11 N–H and O–H groups in total. The van der Waals surface area contributed by atoms with Gasteiger partial charge in [-0.25, -0.2) is 9.48 Å². The van der Waals surface area contributed by atoms with Crippen molar-refractivity contribution in [3.8, 4) is 0 Å². The first-order chi connectivity index (χ1) is 19.2. The average Bonchev–Trinajstić information content (AvgIpc) is 3.41. The van der Waals surface area contributed by atoms with Gasteiger partial charge < -0.3 is 66.1 Å². The quantitative estimate of drug-likeness (QED) is 0.114. The molecular formula is C22H35N5O14. The van der Waals surface area contributed by atoms with Crippen LogP contribution in [0.4, 0.5) is 0 Å². The minimum absolute atomic E-state index is 0.0733. The van der Waals surface area contributed by atoms with Gasteiger partial charge in [0.2, 0.25) is 11.8 Å². The number of hydrogen-bond acceptors (Lipinski definition) is 15. The molecule has 2 fully saturated rings. The standard InChI is InChI=1S/C22H35N5O14/c1-8(30)23-14-10(31)4-22(21(38)39,41-19(14)15(34)11(32)6-28)27-5-9(25-26-27)2-3-13(33)24-20-18(37)17(36)16(35)12(7-29)40-20/h5,10-12,14-20,28-29,31-32,34-37H,2-4,6-7H2,1H3,(H,23,30)(H,24,33)(H,38,39)/t10-,11+,12+,14+,15+,16-,17-,18+,19+,20+,22+/m0/s1. The Bertz CT molecular complexity index is 1070. The van der Waals surface area contributed by atoms with Crippen LogP contribution in [-0.2, 0) is 36.0 Å². The molecular weight excluding hydrogens is 558 g/mol. The van der Waals surface area contributed by atoms with E-state index < -0.39 is 104 Å². The van der Waals surface area contributed by atoms with Crippen LogP contribution in [0.5, 0.6) is 0 Å². The topological polar surface area (TPSA) is 307 Å². The van der Waals surface area contributed by atoms with E-state index in [4.69, 9.17) is 9.47 Å². The number of aliphatic hydroxyl groups is 8. The fraction of sp³-hybridized carbons (Fsp3) is 0.773. The van der Waals surface area contributed by atoms with E-state index in [-0.39, 0.29) is 18.5 Å². The summed E-state index contributed by atoms with van der Waals surface area (Å²) in [5.41, 5.74) is -2.41. The van der Waals surface area contributed by atoms with Crippen LogP contribution in [0.3, 0.4) is 0 Å². The second-order valence-electron chi connectivity index (χ2n) is 9.88. The smallest absolute Gasteiger partial charge is 0.359 e. The summed E-state index contributed by atoms with van der Waals surface area (Å²) >= 11 is 0. The zero-order valence-corrected chi connectivity index (χ0v) is 21.8. The summed E-state index contributed by atoms with van der Waals surface area (Å²) in [6.07, 6.45) is -14.8. The Hall–Kier alpha value is -2.85. The van der Waals surface area contributed by atoms with Gasteiger partial charge in [0.25, 0.3) is 5.72 Å². The zero-order valence-electron chi connectivity index (χ0n) is 21.8. The van der Waals surface area contributed by atoms with Gasteiger partial charge in [-0.1, -0.05) is 5.21 Å². The average molecular weight is 594 g/mol. The number of rotatable bonds is 11. The molecule has 0 unspecified atom stereocenters. The summed E-state index contributed by atoms with van der Waals surface area (Å²) in [6.45, 7) is -0.525. The van der Waals surface area contributed by atoms with E-state index in [1.54, 1.807) is 0 Å². The molecule has 2 amide bonds. The molecule has 0 aliphatic carbocycles. The number of carboxylic acid groups (broad SMARTS) is 1. The Labute approximate surface area is 231 Å². The van der Waals surface area contributed by atoms with Crippen LogP contribution in [0, 0.1) is 0 Å². The molecule has 1 aromatic heterocycles. The minimum atomic E-state index is -2.49. The number of nitrogens with zero attached hydrogens (tertiary/aromatic N) is 3. The monoisotopic (exact) mass is 593 g/mol. The maximum atomic E-state index is 12.4. The summed E-state index contributed by atoms with van der Waals surface area (Å²) in [4.78, 5) is 36.5. The summed E-state index contributed by atoms with van der Waals surface area (Å²) in [7, 11) is 0. The Kier molecular flexibility index (Phi) is 10.7. The number of carboxylic acids is 1. The lowest BCUT2D eigenvalue weighted by atomic mass is 9.87. The molecule has 1 aromatic rings. The van der Waals surface area contributed by atoms with Crippen LogP contribution in [0.15, 0.2) is 6.20 Å². The number of carbonyl (C=O) groups excluding carboxylic acids is 2. The van der Waals surface area contributed by atoms with E-state index in [0.29, 0.717) is 0 Å².